The third-order valence-electron chi connectivity index (χ3n) is 3.73. The van der Waals surface area contributed by atoms with E-state index in [1.54, 1.807) is 36.4 Å². The Hall–Kier alpha value is -3.68. The molecule has 3 rings (SSSR count). The molecule has 0 saturated heterocycles. The maximum absolute atomic E-state index is 13.0. The van der Waals surface area contributed by atoms with E-state index in [4.69, 9.17) is 4.74 Å². The summed E-state index contributed by atoms with van der Waals surface area (Å²) >= 11 is 0. The first-order valence-corrected chi connectivity index (χ1v) is 8.04. The maximum Gasteiger partial charge on any atom is 0.273 e. The number of aromatic nitrogens is 2. The molecule has 7 nitrogen and oxygen atoms in total. The summed E-state index contributed by atoms with van der Waals surface area (Å²) in [5, 5.41) is 12.1. The van der Waals surface area contributed by atoms with Crippen molar-refractivity contribution in [1.82, 2.24) is 10.2 Å². The number of hydrogen-bond acceptors (Lipinski definition) is 4. The number of benzene rings is 2. The molecular weight excluding hydrogens is 351 g/mol. The van der Waals surface area contributed by atoms with Gasteiger partial charge in [-0.15, -0.1) is 0 Å². The van der Waals surface area contributed by atoms with Crippen molar-refractivity contribution < 1.29 is 18.7 Å². The van der Waals surface area contributed by atoms with Gasteiger partial charge in [-0.2, -0.15) is 5.10 Å². The van der Waals surface area contributed by atoms with E-state index in [0.29, 0.717) is 28.4 Å². The molecule has 138 valence electrons. The molecule has 3 aromatic rings. The number of carbonyl (C=O) groups excluding carboxylic acids is 2. The molecule has 0 aliphatic rings. The molecule has 0 aliphatic carbocycles. The molecule has 1 heterocycles. The molecule has 0 aliphatic heterocycles. The number of nitrogens with zero attached hydrogens (tertiary/aromatic N) is 1. The van der Waals surface area contributed by atoms with Gasteiger partial charge in [0.1, 0.15) is 17.3 Å². The van der Waals surface area contributed by atoms with Gasteiger partial charge >= 0.3 is 0 Å². The summed E-state index contributed by atoms with van der Waals surface area (Å²) in [7, 11) is 1.48. The number of carbonyl (C=O) groups is 2. The van der Waals surface area contributed by atoms with Crippen molar-refractivity contribution in [3.05, 3.63) is 60.0 Å². The van der Waals surface area contributed by atoms with Crippen molar-refractivity contribution in [2.24, 2.45) is 0 Å². The average molecular weight is 368 g/mol. The van der Waals surface area contributed by atoms with Crippen LogP contribution in [-0.4, -0.2) is 29.1 Å². The van der Waals surface area contributed by atoms with Gasteiger partial charge in [0.25, 0.3) is 5.91 Å². The second-order valence-electron chi connectivity index (χ2n) is 5.72. The SMILES string of the molecule is COc1ccc(NC(C)=O)cc1NC(=O)c1cc(-c2ccc(F)cc2)n[nH]1. The van der Waals surface area contributed by atoms with Crippen LogP contribution in [0.1, 0.15) is 17.4 Å². The van der Waals surface area contributed by atoms with Gasteiger partial charge in [-0.1, -0.05) is 0 Å². The quantitative estimate of drug-likeness (QED) is 0.643. The van der Waals surface area contributed by atoms with Crippen molar-refractivity contribution in [2.75, 3.05) is 17.7 Å². The lowest BCUT2D eigenvalue weighted by atomic mass is 10.1. The van der Waals surface area contributed by atoms with Gasteiger partial charge < -0.3 is 15.4 Å². The van der Waals surface area contributed by atoms with E-state index in [0.717, 1.165) is 0 Å². The fourth-order valence-corrected chi connectivity index (χ4v) is 2.48. The van der Waals surface area contributed by atoms with E-state index in [9.17, 15) is 14.0 Å². The smallest absolute Gasteiger partial charge is 0.273 e. The molecular formula is C19H17FN4O3. The monoisotopic (exact) mass is 368 g/mol. The lowest BCUT2D eigenvalue weighted by Gasteiger charge is -2.11. The van der Waals surface area contributed by atoms with Gasteiger partial charge in [-0.05, 0) is 48.5 Å². The number of H-pyrrole nitrogens is 1. The molecule has 0 fully saturated rings. The minimum atomic E-state index is -0.436. The standard InChI is InChI=1S/C19H17FN4O3/c1-11(25)21-14-7-8-18(27-2)16(9-14)22-19(26)17-10-15(23-24-17)12-3-5-13(20)6-4-12/h3-10H,1-2H3,(H,21,25)(H,22,26)(H,23,24). The van der Waals surface area contributed by atoms with E-state index >= 15 is 0 Å². The lowest BCUT2D eigenvalue weighted by Crippen LogP contribution is -2.14. The van der Waals surface area contributed by atoms with Crippen molar-refractivity contribution in [2.45, 2.75) is 6.92 Å². The molecule has 2 aromatic carbocycles. The number of halogens is 1. The maximum atomic E-state index is 13.0. The number of ether oxygens (including phenoxy) is 1. The van der Waals surface area contributed by atoms with Crippen molar-refractivity contribution in [1.29, 1.82) is 0 Å². The van der Waals surface area contributed by atoms with E-state index in [2.05, 4.69) is 20.8 Å². The predicted octanol–water partition coefficient (Wildman–Crippen LogP) is 3.44. The molecule has 8 heteroatoms. The zero-order valence-electron chi connectivity index (χ0n) is 14.7. The highest BCUT2D eigenvalue weighted by Gasteiger charge is 2.14. The van der Waals surface area contributed by atoms with Crippen LogP contribution in [0.15, 0.2) is 48.5 Å². The Bertz CT molecular complexity index is 983. The normalized spacial score (nSPS) is 10.3. The Balaban J connectivity index is 1.81. The van der Waals surface area contributed by atoms with Gasteiger partial charge in [0.15, 0.2) is 0 Å². The van der Waals surface area contributed by atoms with Gasteiger partial charge in [-0.3, -0.25) is 14.7 Å². The fraction of sp³-hybridized carbons (Fsp3) is 0.105. The molecule has 3 N–H and O–H groups in total. The van der Waals surface area contributed by atoms with Gasteiger partial charge in [0.05, 0.1) is 18.5 Å². The van der Waals surface area contributed by atoms with Crippen molar-refractivity contribution in [3.63, 3.8) is 0 Å². The number of hydrogen-bond donors (Lipinski definition) is 3. The summed E-state index contributed by atoms with van der Waals surface area (Å²) in [5.41, 5.74) is 2.33. The van der Waals surface area contributed by atoms with Crippen LogP contribution in [0.3, 0.4) is 0 Å². The van der Waals surface area contributed by atoms with Crippen LogP contribution in [0.2, 0.25) is 0 Å². The van der Waals surface area contributed by atoms with E-state index < -0.39 is 5.91 Å². The summed E-state index contributed by atoms with van der Waals surface area (Å²) in [4.78, 5) is 23.7. The zero-order valence-corrected chi connectivity index (χ0v) is 14.7. The largest absolute Gasteiger partial charge is 0.495 e. The number of rotatable bonds is 5. The second-order valence-corrected chi connectivity index (χ2v) is 5.72. The van der Waals surface area contributed by atoms with E-state index in [1.807, 2.05) is 0 Å². The second kappa shape index (κ2) is 7.69. The number of methoxy groups -OCH3 is 1. The first kappa shape index (κ1) is 18.1. The van der Waals surface area contributed by atoms with Crippen LogP contribution in [-0.2, 0) is 4.79 Å². The summed E-state index contributed by atoms with van der Waals surface area (Å²) in [5.74, 6) is -0.571. The molecule has 2 amide bonds. The molecule has 0 atom stereocenters. The first-order valence-electron chi connectivity index (χ1n) is 8.04. The summed E-state index contributed by atoms with van der Waals surface area (Å²) in [6.45, 7) is 1.39. The predicted molar refractivity (Wildman–Crippen MR) is 99.2 cm³/mol. The van der Waals surface area contributed by atoms with Gasteiger partial charge in [-0.25, -0.2) is 4.39 Å². The number of amides is 2. The Kier molecular flexibility index (Phi) is 5.16. The number of nitrogens with one attached hydrogen (secondary N) is 3. The third-order valence-corrected chi connectivity index (χ3v) is 3.73. The van der Waals surface area contributed by atoms with Crippen LogP contribution < -0.4 is 15.4 Å². The highest BCUT2D eigenvalue weighted by molar-refractivity contribution is 6.04. The Morgan fingerprint density at radius 2 is 1.81 bits per heavy atom. The summed E-state index contributed by atoms with van der Waals surface area (Å²) in [6.07, 6.45) is 0. The molecule has 0 spiro atoms. The highest BCUT2D eigenvalue weighted by Crippen LogP contribution is 2.28. The fourth-order valence-electron chi connectivity index (χ4n) is 2.48. The van der Waals surface area contributed by atoms with Gasteiger partial charge in [0.2, 0.25) is 5.91 Å². The molecule has 1 aromatic heterocycles. The van der Waals surface area contributed by atoms with Crippen LogP contribution in [0, 0.1) is 5.82 Å². The van der Waals surface area contributed by atoms with Crippen LogP contribution in [0.5, 0.6) is 5.75 Å². The topological polar surface area (TPSA) is 96.1 Å². The highest BCUT2D eigenvalue weighted by atomic mass is 19.1. The Morgan fingerprint density at radius 1 is 1.07 bits per heavy atom. The van der Waals surface area contributed by atoms with Crippen LogP contribution in [0.25, 0.3) is 11.3 Å². The Labute approximate surface area is 154 Å². The third kappa shape index (κ3) is 4.30. The number of anilines is 2. The van der Waals surface area contributed by atoms with Crippen molar-refractivity contribution >= 4 is 23.2 Å². The summed E-state index contributed by atoms with van der Waals surface area (Å²) < 4.78 is 18.3. The molecule has 0 saturated carbocycles. The van der Waals surface area contributed by atoms with Crippen LogP contribution in [0.4, 0.5) is 15.8 Å². The zero-order chi connectivity index (χ0) is 19.4. The summed E-state index contributed by atoms with van der Waals surface area (Å²) in [6, 6.07) is 12.3. The van der Waals surface area contributed by atoms with E-state index in [-0.39, 0.29) is 17.4 Å². The molecule has 0 bridgehead atoms. The molecule has 27 heavy (non-hydrogen) atoms. The van der Waals surface area contributed by atoms with E-state index in [1.165, 1.54) is 26.2 Å². The minimum absolute atomic E-state index is 0.223. The number of aromatic amines is 1. The molecule has 0 radical (unpaired) electrons. The molecule has 0 unspecified atom stereocenters. The first-order chi connectivity index (χ1) is 13.0. The van der Waals surface area contributed by atoms with Crippen LogP contribution >= 0.6 is 0 Å². The Morgan fingerprint density at radius 3 is 2.48 bits per heavy atom. The minimum Gasteiger partial charge on any atom is -0.495 e. The van der Waals surface area contributed by atoms with Crippen molar-refractivity contribution in [3.8, 4) is 17.0 Å². The van der Waals surface area contributed by atoms with Gasteiger partial charge in [0, 0.05) is 18.2 Å². The average Bonchev–Trinajstić information content (AvgIpc) is 3.12. The lowest BCUT2D eigenvalue weighted by molar-refractivity contribution is -0.114.